The van der Waals surface area contributed by atoms with E-state index in [0.717, 1.165) is 5.01 Å². The number of halogens is 1. The van der Waals surface area contributed by atoms with Crippen LogP contribution >= 0.6 is 22.9 Å². The van der Waals surface area contributed by atoms with Crippen LogP contribution in [-0.4, -0.2) is 23.0 Å². The van der Waals surface area contributed by atoms with Crippen molar-refractivity contribution < 1.29 is 8.42 Å². The molecule has 0 bridgehead atoms. The summed E-state index contributed by atoms with van der Waals surface area (Å²) < 4.78 is 29.0. The second-order valence-electron chi connectivity index (χ2n) is 4.43. The Kier molecular flexibility index (Phi) is 3.39. The lowest BCUT2D eigenvalue weighted by Gasteiger charge is -2.07. The third-order valence-electron chi connectivity index (χ3n) is 2.76. The number of aryl methyl sites for hydroxylation is 2. The van der Waals surface area contributed by atoms with Gasteiger partial charge in [0.2, 0.25) is 9.99 Å². The Bertz CT molecular complexity index is 930. The zero-order chi connectivity index (χ0) is 15.2. The predicted molar refractivity (Wildman–Crippen MR) is 82.6 cm³/mol. The second kappa shape index (κ2) is 4.97. The quantitative estimate of drug-likeness (QED) is 0.794. The van der Waals surface area contributed by atoms with Crippen molar-refractivity contribution in [3.63, 3.8) is 0 Å². The Balaban J connectivity index is 2.10. The van der Waals surface area contributed by atoms with Crippen molar-refractivity contribution >= 4 is 43.6 Å². The van der Waals surface area contributed by atoms with Gasteiger partial charge < -0.3 is 0 Å². The van der Waals surface area contributed by atoms with Crippen molar-refractivity contribution in [2.75, 3.05) is 4.72 Å². The van der Waals surface area contributed by atoms with Crippen LogP contribution in [0.5, 0.6) is 0 Å². The van der Waals surface area contributed by atoms with Gasteiger partial charge in [0.15, 0.2) is 0 Å². The number of anilines is 1. The molecule has 3 rings (SSSR count). The van der Waals surface area contributed by atoms with Crippen LogP contribution < -0.4 is 4.72 Å². The molecule has 0 unspecified atom stereocenters. The maximum Gasteiger partial charge on any atom is 0.281 e. The highest BCUT2D eigenvalue weighted by atomic mass is 35.5. The van der Waals surface area contributed by atoms with Gasteiger partial charge >= 0.3 is 0 Å². The summed E-state index contributed by atoms with van der Waals surface area (Å²) in [5, 5.41) is 5.43. The average molecular weight is 343 g/mol. The van der Waals surface area contributed by atoms with Gasteiger partial charge in [0.25, 0.3) is 10.0 Å². The molecule has 1 N–H and O–H groups in total. The molecular formula is C12H11ClN4O2S2. The number of rotatable bonds is 3. The lowest BCUT2D eigenvalue weighted by atomic mass is 10.3. The third kappa shape index (κ3) is 2.61. The van der Waals surface area contributed by atoms with E-state index in [1.165, 1.54) is 15.9 Å². The molecule has 6 nitrogen and oxygen atoms in total. The Morgan fingerprint density at radius 3 is 2.81 bits per heavy atom. The van der Waals surface area contributed by atoms with E-state index in [1.54, 1.807) is 38.1 Å². The van der Waals surface area contributed by atoms with Crippen LogP contribution in [0.15, 0.2) is 29.3 Å². The van der Waals surface area contributed by atoms with Crippen LogP contribution in [0.2, 0.25) is 5.02 Å². The summed E-state index contributed by atoms with van der Waals surface area (Å²) in [4.78, 5) is 4.79. The molecule has 9 heteroatoms. The molecule has 2 heterocycles. The number of nitrogens with zero attached hydrogens (tertiary/aromatic N) is 3. The van der Waals surface area contributed by atoms with E-state index < -0.39 is 10.0 Å². The van der Waals surface area contributed by atoms with Gasteiger partial charge in [-0.1, -0.05) is 29.0 Å². The molecule has 1 aromatic carbocycles. The Morgan fingerprint density at radius 1 is 1.33 bits per heavy atom. The predicted octanol–water partition coefficient (Wildman–Crippen LogP) is 2.86. The van der Waals surface area contributed by atoms with E-state index in [9.17, 15) is 8.42 Å². The van der Waals surface area contributed by atoms with Gasteiger partial charge in [0, 0.05) is 5.02 Å². The zero-order valence-electron chi connectivity index (χ0n) is 11.2. The van der Waals surface area contributed by atoms with Crippen LogP contribution in [0.3, 0.4) is 0 Å². The van der Waals surface area contributed by atoms with E-state index in [4.69, 9.17) is 11.6 Å². The van der Waals surface area contributed by atoms with E-state index in [1.807, 2.05) is 0 Å². The number of hydrogen-bond acceptors (Lipinski definition) is 5. The van der Waals surface area contributed by atoms with Gasteiger partial charge in [0.1, 0.15) is 5.01 Å². The van der Waals surface area contributed by atoms with Crippen LogP contribution in [0.4, 0.5) is 5.69 Å². The van der Waals surface area contributed by atoms with Gasteiger partial charge in [-0.05, 0) is 32.0 Å². The number of sulfonamides is 1. The lowest BCUT2D eigenvalue weighted by molar-refractivity contribution is 0.592. The van der Waals surface area contributed by atoms with Gasteiger partial charge in [0.05, 0.1) is 11.4 Å². The standard InChI is InChI=1S/C12H11ClN4O2S2/c1-7-11(17-12(14-7)20-8(2)15-17)21(18,19)16-10-5-3-4-9(13)6-10/h3-6,16H,1-2H3. The Labute approximate surface area is 130 Å². The molecule has 0 saturated heterocycles. The van der Waals surface area contributed by atoms with Crippen molar-refractivity contribution in [2.24, 2.45) is 0 Å². The average Bonchev–Trinajstić information content (AvgIpc) is 2.82. The molecule has 0 atom stereocenters. The fourth-order valence-electron chi connectivity index (χ4n) is 1.99. The molecule has 0 radical (unpaired) electrons. The number of hydrogen-bond donors (Lipinski definition) is 1. The summed E-state index contributed by atoms with van der Waals surface area (Å²) in [6.07, 6.45) is 0. The number of fused-ring (bicyclic) bond motifs is 1. The van der Waals surface area contributed by atoms with Crippen molar-refractivity contribution in [2.45, 2.75) is 18.9 Å². The minimum atomic E-state index is -3.79. The van der Waals surface area contributed by atoms with Crippen molar-refractivity contribution in [1.29, 1.82) is 0 Å². The highest BCUT2D eigenvalue weighted by Gasteiger charge is 2.25. The van der Waals surface area contributed by atoms with Crippen LogP contribution in [0.25, 0.3) is 4.96 Å². The normalized spacial score (nSPS) is 12.0. The van der Waals surface area contributed by atoms with Gasteiger partial charge in [-0.15, -0.1) is 0 Å². The Morgan fingerprint density at radius 2 is 2.10 bits per heavy atom. The molecular weight excluding hydrogens is 332 g/mol. The molecule has 0 aliphatic heterocycles. The molecule has 0 amide bonds. The summed E-state index contributed by atoms with van der Waals surface area (Å²) in [6.45, 7) is 3.44. The van der Waals surface area contributed by atoms with E-state index in [-0.39, 0.29) is 5.03 Å². The first kappa shape index (κ1) is 14.3. The fourth-order valence-corrected chi connectivity index (χ4v) is 4.35. The van der Waals surface area contributed by atoms with Crippen LogP contribution in [0, 0.1) is 13.8 Å². The van der Waals surface area contributed by atoms with Crippen LogP contribution in [0.1, 0.15) is 10.7 Å². The zero-order valence-corrected chi connectivity index (χ0v) is 13.6. The largest absolute Gasteiger partial charge is 0.281 e. The fraction of sp³-hybridized carbons (Fsp3) is 0.167. The number of aromatic nitrogens is 3. The number of imidazole rings is 1. The van der Waals surface area contributed by atoms with Crippen molar-refractivity contribution in [3.8, 4) is 0 Å². The summed E-state index contributed by atoms with van der Waals surface area (Å²) in [6, 6.07) is 6.51. The van der Waals surface area contributed by atoms with Crippen molar-refractivity contribution in [3.05, 3.63) is 40.0 Å². The second-order valence-corrected chi connectivity index (χ2v) is 7.63. The maximum absolute atomic E-state index is 12.6. The minimum absolute atomic E-state index is 0.0434. The first-order valence-electron chi connectivity index (χ1n) is 5.98. The molecule has 0 aliphatic rings. The molecule has 0 spiro atoms. The minimum Gasteiger partial charge on any atom is -0.278 e. The molecule has 21 heavy (non-hydrogen) atoms. The summed E-state index contributed by atoms with van der Waals surface area (Å²) in [5.74, 6) is 0. The smallest absolute Gasteiger partial charge is 0.278 e. The molecule has 0 fully saturated rings. The number of benzene rings is 1. The van der Waals surface area contributed by atoms with E-state index in [0.29, 0.717) is 21.4 Å². The van der Waals surface area contributed by atoms with E-state index >= 15 is 0 Å². The van der Waals surface area contributed by atoms with Gasteiger partial charge in [-0.25, -0.2) is 4.98 Å². The molecule has 0 saturated carbocycles. The topological polar surface area (TPSA) is 76.4 Å². The van der Waals surface area contributed by atoms with Gasteiger partial charge in [-0.3, -0.25) is 4.72 Å². The summed E-state index contributed by atoms with van der Waals surface area (Å²) in [5.41, 5.74) is 0.798. The first-order chi connectivity index (χ1) is 9.87. The molecule has 2 aromatic heterocycles. The SMILES string of the molecule is Cc1nn2c(S(=O)(=O)Nc3cccc(Cl)c3)c(C)nc2s1. The monoisotopic (exact) mass is 342 g/mol. The molecule has 3 aromatic rings. The van der Waals surface area contributed by atoms with E-state index in [2.05, 4.69) is 14.8 Å². The highest BCUT2D eigenvalue weighted by Crippen LogP contribution is 2.24. The first-order valence-corrected chi connectivity index (χ1v) is 8.66. The maximum atomic E-state index is 12.6. The third-order valence-corrected chi connectivity index (χ3v) is 5.30. The highest BCUT2D eigenvalue weighted by molar-refractivity contribution is 7.92. The van der Waals surface area contributed by atoms with Crippen LogP contribution in [-0.2, 0) is 10.0 Å². The lowest BCUT2D eigenvalue weighted by Crippen LogP contribution is -2.16. The summed E-state index contributed by atoms with van der Waals surface area (Å²) >= 11 is 7.20. The van der Waals surface area contributed by atoms with Gasteiger partial charge in [-0.2, -0.15) is 18.0 Å². The molecule has 0 aliphatic carbocycles. The summed E-state index contributed by atoms with van der Waals surface area (Å²) in [7, 11) is -3.79. The Hall–Kier alpha value is -1.64. The number of nitrogens with one attached hydrogen (secondary N) is 1. The molecule has 110 valence electrons. The van der Waals surface area contributed by atoms with Crippen molar-refractivity contribution in [1.82, 2.24) is 14.6 Å².